The highest BCUT2D eigenvalue weighted by atomic mass is 14.9. The van der Waals surface area contributed by atoms with Gasteiger partial charge in [-0.05, 0) is 42.7 Å². The molecule has 1 saturated carbocycles. The first-order valence-electron chi connectivity index (χ1n) is 9.01. The molecule has 2 aliphatic carbocycles. The third-order valence-corrected chi connectivity index (χ3v) is 5.69. The first-order valence-corrected chi connectivity index (χ1v) is 9.01. The molecule has 0 bridgehead atoms. The van der Waals surface area contributed by atoms with Gasteiger partial charge in [0.1, 0.15) is 0 Å². The molecule has 0 spiro atoms. The van der Waals surface area contributed by atoms with Crippen LogP contribution < -0.4 is 5.32 Å². The first kappa shape index (κ1) is 15.1. The van der Waals surface area contributed by atoms with Gasteiger partial charge >= 0.3 is 0 Å². The summed E-state index contributed by atoms with van der Waals surface area (Å²) in [5, 5.41) is 3.77. The summed E-state index contributed by atoms with van der Waals surface area (Å²) in [6, 6.07) is 9.85. The van der Waals surface area contributed by atoms with E-state index in [1.165, 1.54) is 51.4 Å². The van der Waals surface area contributed by atoms with Crippen LogP contribution in [0.2, 0.25) is 0 Å². The second-order valence-corrected chi connectivity index (χ2v) is 7.68. The van der Waals surface area contributed by atoms with Crippen molar-refractivity contribution in [2.24, 2.45) is 5.92 Å². The van der Waals surface area contributed by atoms with Gasteiger partial charge in [0, 0.05) is 18.0 Å². The summed E-state index contributed by atoms with van der Waals surface area (Å²) in [5.74, 6) is 0.963. The number of rotatable bonds is 5. The minimum absolute atomic E-state index is 0.397. The molecule has 2 aliphatic rings. The van der Waals surface area contributed by atoms with Crippen LogP contribution >= 0.6 is 0 Å². The fourth-order valence-corrected chi connectivity index (χ4v) is 4.64. The van der Waals surface area contributed by atoms with Gasteiger partial charge in [0.25, 0.3) is 0 Å². The van der Waals surface area contributed by atoms with Crippen LogP contribution in [0.3, 0.4) is 0 Å². The first-order chi connectivity index (χ1) is 10.2. The van der Waals surface area contributed by atoms with Crippen LogP contribution in [0.1, 0.15) is 69.9 Å². The summed E-state index contributed by atoms with van der Waals surface area (Å²) >= 11 is 0. The quantitative estimate of drug-likeness (QED) is 0.816. The van der Waals surface area contributed by atoms with E-state index in [9.17, 15) is 0 Å². The van der Waals surface area contributed by atoms with Crippen molar-refractivity contribution in [3.05, 3.63) is 35.4 Å². The van der Waals surface area contributed by atoms with Crippen molar-refractivity contribution >= 4 is 0 Å². The minimum Gasteiger partial charge on any atom is -0.314 e. The predicted octanol–water partition coefficient (Wildman–Crippen LogP) is 4.84. The molecule has 1 nitrogen and oxygen atoms in total. The Kier molecular flexibility index (Phi) is 4.69. The SMILES string of the molecule is CC(C)NCC1(CC2CCCC2)CCCc2ccccc21. The van der Waals surface area contributed by atoms with E-state index in [1.54, 1.807) is 11.1 Å². The molecule has 1 fully saturated rings. The van der Waals surface area contributed by atoms with E-state index in [-0.39, 0.29) is 0 Å². The molecule has 0 aliphatic heterocycles. The number of aryl methyl sites for hydroxylation is 1. The van der Waals surface area contributed by atoms with Gasteiger partial charge in [-0.2, -0.15) is 0 Å². The van der Waals surface area contributed by atoms with Gasteiger partial charge in [0.15, 0.2) is 0 Å². The molecule has 1 atom stereocenters. The van der Waals surface area contributed by atoms with E-state index in [0.717, 1.165) is 12.5 Å². The van der Waals surface area contributed by atoms with Gasteiger partial charge in [-0.1, -0.05) is 63.8 Å². The van der Waals surface area contributed by atoms with Crippen molar-refractivity contribution in [1.29, 1.82) is 0 Å². The van der Waals surface area contributed by atoms with Crippen molar-refractivity contribution in [3.63, 3.8) is 0 Å². The Balaban J connectivity index is 1.88. The lowest BCUT2D eigenvalue weighted by atomic mass is 9.65. The van der Waals surface area contributed by atoms with Crippen LogP contribution in [0.4, 0.5) is 0 Å². The molecule has 1 aromatic carbocycles. The largest absolute Gasteiger partial charge is 0.314 e. The Morgan fingerprint density at radius 2 is 1.90 bits per heavy atom. The molecule has 0 radical (unpaired) electrons. The van der Waals surface area contributed by atoms with Gasteiger partial charge in [-0.15, -0.1) is 0 Å². The second kappa shape index (κ2) is 6.52. The average Bonchev–Trinajstić information content (AvgIpc) is 2.98. The molecule has 1 unspecified atom stereocenters. The standard InChI is InChI=1S/C20H31N/c1-16(2)21-15-20(14-17-8-3-4-9-17)13-7-11-18-10-5-6-12-19(18)20/h5-6,10,12,16-17,21H,3-4,7-9,11,13-15H2,1-2H3. The van der Waals surface area contributed by atoms with Crippen molar-refractivity contribution in [3.8, 4) is 0 Å². The summed E-state index contributed by atoms with van der Waals surface area (Å²) in [6.45, 7) is 5.72. The normalized spacial score (nSPS) is 26.2. The van der Waals surface area contributed by atoms with Crippen LogP contribution in [0.5, 0.6) is 0 Å². The Bertz CT molecular complexity index is 459. The number of nitrogens with one attached hydrogen (secondary N) is 1. The van der Waals surface area contributed by atoms with E-state index in [1.807, 2.05) is 0 Å². The van der Waals surface area contributed by atoms with Crippen LogP contribution in [-0.2, 0) is 11.8 Å². The average molecular weight is 285 g/mol. The van der Waals surface area contributed by atoms with E-state index in [4.69, 9.17) is 0 Å². The zero-order valence-electron chi connectivity index (χ0n) is 13.8. The minimum atomic E-state index is 0.397. The number of benzene rings is 1. The highest BCUT2D eigenvalue weighted by Gasteiger charge is 2.38. The van der Waals surface area contributed by atoms with Gasteiger partial charge in [0.2, 0.25) is 0 Å². The molecule has 0 amide bonds. The van der Waals surface area contributed by atoms with Gasteiger partial charge in [-0.25, -0.2) is 0 Å². The molecular formula is C20H31N. The number of hydrogen-bond donors (Lipinski definition) is 1. The Morgan fingerprint density at radius 1 is 1.14 bits per heavy atom. The summed E-state index contributed by atoms with van der Waals surface area (Å²) in [5.41, 5.74) is 3.68. The van der Waals surface area contributed by atoms with E-state index < -0.39 is 0 Å². The van der Waals surface area contributed by atoms with Gasteiger partial charge in [0.05, 0.1) is 0 Å². The molecular weight excluding hydrogens is 254 g/mol. The molecule has 116 valence electrons. The molecule has 3 rings (SSSR count). The molecule has 1 N–H and O–H groups in total. The van der Waals surface area contributed by atoms with E-state index in [0.29, 0.717) is 11.5 Å². The fourth-order valence-electron chi connectivity index (χ4n) is 4.64. The van der Waals surface area contributed by atoms with Crippen molar-refractivity contribution in [2.45, 2.75) is 76.7 Å². The Labute approximate surface area is 130 Å². The van der Waals surface area contributed by atoms with Gasteiger partial charge < -0.3 is 5.32 Å². The fraction of sp³-hybridized carbons (Fsp3) is 0.700. The number of fused-ring (bicyclic) bond motifs is 1. The molecule has 0 saturated heterocycles. The molecule has 1 aromatic rings. The smallest absolute Gasteiger partial charge is 0.00833 e. The lowest BCUT2D eigenvalue weighted by molar-refractivity contribution is 0.260. The zero-order chi connectivity index (χ0) is 14.7. The topological polar surface area (TPSA) is 12.0 Å². The highest BCUT2D eigenvalue weighted by Crippen LogP contribution is 2.44. The third kappa shape index (κ3) is 3.34. The predicted molar refractivity (Wildman–Crippen MR) is 90.8 cm³/mol. The summed E-state index contributed by atoms with van der Waals surface area (Å²) in [4.78, 5) is 0. The summed E-state index contributed by atoms with van der Waals surface area (Å²) in [6.07, 6.45) is 11.3. The van der Waals surface area contributed by atoms with Crippen molar-refractivity contribution < 1.29 is 0 Å². The van der Waals surface area contributed by atoms with Gasteiger partial charge in [-0.3, -0.25) is 0 Å². The monoisotopic (exact) mass is 285 g/mol. The lowest BCUT2D eigenvalue weighted by Crippen LogP contribution is -2.44. The number of hydrogen-bond acceptors (Lipinski definition) is 1. The summed E-state index contributed by atoms with van der Waals surface area (Å²) in [7, 11) is 0. The Morgan fingerprint density at radius 3 is 2.67 bits per heavy atom. The maximum absolute atomic E-state index is 3.77. The Hall–Kier alpha value is -0.820. The third-order valence-electron chi connectivity index (χ3n) is 5.69. The van der Waals surface area contributed by atoms with Crippen LogP contribution in [-0.4, -0.2) is 12.6 Å². The van der Waals surface area contributed by atoms with Crippen molar-refractivity contribution in [1.82, 2.24) is 5.32 Å². The molecule has 1 heteroatoms. The van der Waals surface area contributed by atoms with Crippen molar-refractivity contribution in [2.75, 3.05) is 6.54 Å². The van der Waals surface area contributed by atoms with Crippen LogP contribution in [0.25, 0.3) is 0 Å². The molecule has 21 heavy (non-hydrogen) atoms. The molecule has 0 heterocycles. The van der Waals surface area contributed by atoms with E-state index in [2.05, 4.69) is 43.4 Å². The maximum Gasteiger partial charge on any atom is 0.00833 e. The van der Waals surface area contributed by atoms with Crippen LogP contribution in [0.15, 0.2) is 24.3 Å². The lowest BCUT2D eigenvalue weighted by Gasteiger charge is -2.42. The van der Waals surface area contributed by atoms with E-state index >= 15 is 0 Å². The zero-order valence-corrected chi connectivity index (χ0v) is 13.8. The summed E-state index contributed by atoms with van der Waals surface area (Å²) < 4.78 is 0. The van der Waals surface area contributed by atoms with Crippen LogP contribution in [0, 0.1) is 5.92 Å². The maximum atomic E-state index is 3.77. The second-order valence-electron chi connectivity index (χ2n) is 7.68. The molecule has 0 aromatic heterocycles. The highest BCUT2D eigenvalue weighted by molar-refractivity contribution is 5.37.